The monoisotopic (exact) mass is 286 g/mol. The lowest BCUT2D eigenvalue weighted by Crippen LogP contribution is -2.52. The molecule has 2 atom stereocenters. The normalized spacial score (nSPS) is 29.8. The van der Waals surface area contributed by atoms with Gasteiger partial charge in [0.1, 0.15) is 0 Å². The van der Waals surface area contributed by atoms with Crippen LogP contribution in [0.2, 0.25) is 0 Å². The maximum Gasteiger partial charge on any atom is 0.306 e. The minimum absolute atomic E-state index is 0.0835. The third-order valence-electron chi connectivity index (χ3n) is 3.99. The van der Waals surface area contributed by atoms with Crippen molar-refractivity contribution in [2.75, 3.05) is 45.9 Å². The van der Waals surface area contributed by atoms with Gasteiger partial charge in [-0.15, -0.1) is 0 Å². The first-order valence-corrected chi connectivity index (χ1v) is 7.46. The summed E-state index contributed by atoms with van der Waals surface area (Å²) in [6, 6.07) is 0.547. The summed E-state index contributed by atoms with van der Waals surface area (Å²) in [5.41, 5.74) is 0. The summed E-state index contributed by atoms with van der Waals surface area (Å²) in [5.74, 6) is -0.795. The SMILES string of the molecule is CC(C)N1CCOC(CN2CCOC(CC(=O)O)C2)C1. The van der Waals surface area contributed by atoms with Gasteiger partial charge in [-0.25, -0.2) is 0 Å². The average molecular weight is 286 g/mol. The fourth-order valence-corrected chi connectivity index (χ4v) is 2.87. The van der Waals surface area contributed by atoms with Crippen LogP contribution in [0.15, 0.2) is 0 Å². The predicted molar refractivity (Wildman–Crippen MR) is 74.9 cm³/mol. The highest BCUT2D eigenvalue weighted by Gasteiger charge is 2.28. The summed E-state index contributed by atoms with van der Waals surface area (Å²) in [4.78, 5) is 15.5. The summed E-state index contributed by atoms with van der Waals surface area (Å²) >= 11 is 0. The number of nitrogens with zero attached hydrogens (tertiary/aromatic N) is 2. The Morgan fingerprint density at radius 3 is 2.60 bits per heavy atom. The summed E-state index contributed by atoms with van der Waals surface area (Å²) in [6.45, 7) is 10.2. The fraction of sp³-hybridized carbons (Fsp3) is 0.929. The molecule has 2 fully saturated rings. The second-order valence-corrected chi connectivity index (χ2v) is 5.93. The molecule has 0 radical (unpaired) electrons. The van der Waals surface area contributed by atoms with Crippen LogP contribution in [0.25, 0.3) is 0 Å². The number of rotatable bonds is 5. The van der Waals surface area contributed by atoms with E-state index < -0.39 is 5.97 Å². The van der Waals surface area contributed by atoms with Crippen LogP contribution in [0.3, 0.4) is 0 Å². The number of ether oxygens (including phenoxy) is 2. The molecule has 0 amide bonds. The number of hydrogen-bond acceptors (Lipinski definition) is 5. The van der Waals surface area contributed by atoms with E-state index in [1.165, 1.54) is 0 Å². The molecule has 0 aliphatic carbocycles. The van der Waals surface area contributed by atoms with E-state index in [4.69, 9.17) is 14.6 Å². The minimum atomic E-state index is -0.795. The first kappa shape index (κ1) is 15.7. The molecule has 2 rings (SSSR count). The molecule has 0 aromatic rings. The summed E-state index contributed by atoms with van der Waals surface area (Å²) in [6.07, 6.45) is 0.112. The van der Waals surface area contributed by atoms with Crippen molar-refractivity contribution in [3.8, 4) is 0 Å². The van der Waals surface area contributed by atoms with Crippen molar-refractivity contribution in [2.24, 2.45) is 0 Å². The Kier molecular flexibility index (Phi) is 5.77. The van der Waals surface area contributed by atoms with E-state index in [1.807, 2.05) is 0 Å². The topological polar surface area (TPSA) is 62.2 Å². The first-order valence-electron chi connectivity index (χ1n) is 7.46. The van der Waals surface area contributed by atoms with Gasteiger partial charge >= 0.3 is 5.97 Å². The molecule has 0 saturated carbocycles. The van der Waals surface area contributed by atoms with Gasteiger partial charge < -0.3 is 14.6 Å². The van der Waals surface area contributed by atoms with Gasteiger partial charge in [0.2, 0.25) is 0 Å². The number of carbonyl (C=O) groups is 1. The molecule has 2 aliphatic rings. The highest BCUT2D eigenvalue weighted by atomic mass is 16.5. The molecule has 1 N–H and O–H groups in total. The maximum atomic E-state index is 10.8. The second kappa shape index (κ2) is 7.36. The van der Waals surface area contributed by atoms with E-state index in [0.29, 0.717) is 19.2 Å². The summed E-state index contributed by atoms with van der Waals surface area (Å²) < 4.78 is 11.3. The molecule has 2 unspecified atom stereocenters. The Balaban J connectivity index is 1.78. The van der Waals surface area contributed by atoms with Crippen molar-refractivity contribution in [1.82, 2.24) is 9.80 Å². The van der Waals surface area contributed by atoms with Gasteiger partial charge in [-0.05, 0) is 13.8 Å². The van der Waals surface area contributed by atoms with Crippen molar-refractivity contribution in [1.29, 1.82) is 0 Å². The number of hydrogen-bond donors (Lipinski definition) is 1. The van der Waals surface area contributed by atoms with Gasteiger partial charge in [0, 0.05) is 38.8 Å². The van der Waals surface area contributed by atoms with Crippen molar-refractivity contribution >= 4 is 5.97 Å². The summed E-state index contributed by atoms with van der Waals surface area (Å²) in [5, 5.41) is 8.84. The molecule has 6 nitrogen and oxygen atoms in total. The highest BCUT2D eigenvalue weighted by molar-refractivity contribution is 5.67. The van der Waals surface area contributed by atoms with Gasteiger partial charge in [-0.2, -0.15) is 0 Å². The number of aliphatic carboxylic acids is 1. The Morgan fingerprint density at radius 1 is 1.20 bits per heavy atom. The van der Waals surface area contributed by atoms with Gasteiger partial charge in [0.15, 0.2) is 0 Å². The van der Waals surface area contributed by atoms with Crippen LogP contribution in [0.1, 0.15) is 20.3 Å². The van der Waals surface area contributed by atoms with Gasteiger partial charge in [0.25, 0.3) is 0 Å². The van der Waals surface area contributed by atoms with Gasteiger partial charge in [-0.3, -0.25) is 14.6 Å². The smallest absolute Gasteiger partial charge is 0.306 e. The Morgan fingerprint density at radius 2 is 1.90 bits per heavy atom. The van der Waals surface area contributed by atoms with Gasteiger partial charge in [0.05, 0.1) is 31.8 Å². The van der Waals surface area contributed by atoms with Crippen LogP contribution in [-0.2, 0) is 14.3 Å². The third-order valence-corrected chi connectivity index (χ3v) is 3.99. The second-order valence-electron chi connectivity index (χ2n) is 5.93. The zero-order valence-electron chi connectivity index (χ0n) is 12.5. The van der Waals surface area contributed by atoms with Crippen molar-refractivity contribution < 1.29 is 19.4 Å². The summed E-state index contributed by atoms with van der Waals surface area (Å²) in [7, 11) is 0. The van der Waals surface area contributed by atoms with E-state index in [2.05, 4.69) is 23.6 Å². The lowest BCUT2D eigenvalue weighted by Gasteiger charge is -2.39. The molecule has 0 bridgehead atoms. The number of carboxylic acid groups (broad SMARTS) is 1. The molecular formula is C14H26N2O4. The van der Waals surface area contributed by atoms with Crippen molar-refractivity contribution in [3.63, 3.8) is 0 Å². The molecule has 2 saturated heterocycles. The van der Waals surface area contributed by atoms with Crippen molar-refractivity contribution in [2.45, 2.75) is 38.5 Å². The van der Waals surface area contributed by atoms with E-state index in [0.717, 1.165) is 32.8 Å². The number of morpholine rings is 2. The van der Waals surface area contributed by atoms with E-state index in [9.17, 15) is 4.79 Å². The molecular weight excluding hydrogens is 260 g/mol. The van der Waals surface area contributed by atoms with Crippen LogP contribution in [0, 0.1) is 0 Å². The third kappa shape index (κ3) is 4.70. The van der Waals surface area contributed by atoms with Gasteiger partial charge in [-0.1, -0.05) is 0 Å². The van der Waals surface area contributed by atoms with Crippen LogP contribution in [0.4, 0.5) is 0 Å². The van der Waals surface area contributed by atoms with Crippen LogP contribution < -0.4 is 0 Å². The zero-order valence-corrected chi connectivity index (χ0v) is 12.5. The maximum absolute atomic E-state index is 10.8. The zero-order chi connectivity index (χ0) is 14.5. The van der Waals surface area contributed by atoms with Crippen LogP contribution in [-0.4, -0.2) is 85.1 Å². The lowest BCUT2D eigenvalue weighted by molar-refractivity contribution is -0.142. The lowest BCUT2D eigenvalue weighted by atomic mass is 10.1. The number of carboxylic acids is 1. The van der Waals surface area contributed by atoms with Crippen LogP contribution in [0.5, 0.6) is 0 Å². The first-order chi connectivity index (χ1) is 9.54. The largest absolute Gasteiger partial charge is 0.481 e. The van der Waals surface area contributed by atoms with Crippen LogP contribution >= 0.6 is 0 Å². The fourth-order valence-electron chi connectivity index (χ4n) is 2.87. The molecule has 0 spiro atoms. The van der Waals surface area contributed by atoms with E-state index in [1.54, 1.807) is 0 Å². The standard InChI is InChI=1S/C14H26N2O4/c1-11(2)16-4-6-20-13(10-16)9-15-3-5-19-12(8-15)7-14(17)18/h11-13H,3-10H2,1-2H3,(H,17,18). The Hall–Kier alpha value is -0.690. The molecule has 116 valence electrons. The van der Waals surface area contributed by atoms with Crippen molar-refractivity contribution in [3.05, 3.63) is 0 Å². The Bertz CT molecular complexity index is 324. The van der Waals surface area contributed by atoms with E-state index >= 15 is 0 Å². The highest BCUT2D eigenvalue weighted by Crippen LogP contribution is 2.13. The molecule has 0 aromatic carbocycles. The molecule has 20 heavy (non-hydrogen) atoms. The quantitative estimate of drug-likeness (QED) is 0.783. The molecule has 2 aliphatic heterocycles. The molecule has 2 heterocycles. The minimum Gasteiger partial charge on any atom is -0.481 e. The average Bonchev–Trinajstić information content (AvgIpc) is 2.38. The van der Waals surface area contributed by atoms with E-state index in [-0.39, 0.29) is 18.6 Å². The predicted octanol–water partition coefficient (Wildman–Crippen LogP) is 0.271. The Labute approximate surface area is 120 Å². The molecule has 6 heteroatoms. The molecule has 0 aromatic heterocycles.